The molecule has 5 heteroatoms. The fourth-order valence-electron chi connectivity index (χ4n) is 3.70. The smallest absolute Gasteiger partial charge is 0.327 e. The number of rotatable bonds is 2. The molecule has 100 valence electrons. The van der Waals surface area contributed by atoms with E-state index in [2.05, 4.69) is 0 Å². The molecule has 1 N–H and O–H groups in total. The molecule has 2 aliphatic carbocycles. The summed E-state index contributed by atoms with van der Waals surface area (Å²) < 4.78 is 0. The Balaban J connectivity index is 1.73. The molecule has 4 atom stereocenters. The number of hydrogen-bond acceptors (Lipinski definition) is 3. The number of carbonyl (C=O) groups is 2. The summed E-state index contributed by atoms with van der Waals surface area (Å²) in [6, 6.07) is -0.611. The van der Waals surface area contributed by atoms with Crippen LogP contribution in [0.5, 0.6) is 0 Å². The van der Waals surface area contributed by atoms with Crippen LogP contribution >= 0.6 is 11.8 Å². The van der Waals surface area contributed by atoms with Crippen LogP contribution in [0, 0.1) is 17.8 Å². The number of thioether (sulfide) groups is 1. The van der Waals surface area contributed by atoms with E-state index >= 15 is 0 Å². The summed E-state index contributed by atoms with van der Waals surface area (Å²) in [7, 11) is 0. The van der Waals surface area contributed by atoms with Crippen molar-refractivity contribution in [2.45, 2.75) is 44.0 Å². The number of fused-ring (bicyclic) bond motifs is 1. The highest BCUT2D eigenvalue weighted by atomic mass is 32.2. The van der Waals surface area contributed by atoms with E-state index in [1.807, 2.05) is 6.92 Å². The van der Waals surface area contributed by atoms with Crippen molar-refractivity contribution >= 4 is 23.6 Å². The summed E-state index contributed by atoms with van der Waals surface area (Å²) in [5, 5.41) is 9.22. The van der Waals surface area contributed by atoms with Crippen LogP contribution < -0.4 is 0 Å². The third kappa shape index (κ3) is 1.83. The third-order valence-electron chi connectivity index (χ3n) is 4.70. The summed E-state index contributed by atoms with van der Waals surface area (Å²) in [4.78, 5) is 25.4. The van der Waals surface area contributed by atoms with Crippen LogP contribution in [0.1, 0.15) is 32.6 Å². The molecule has 0 aromatic heterocycles. The number of hydrogen-bond donors (Lipinski definition) is 1. The number of nitrogens with zero attached hydrogens (tertiary/aromatic N) is 1. The first-order chi connectivity index (χ1) is 8.61. The van der Waals surface area contributed by atoms with E-state index in [-0.39, 0.29) is 17.2 Å². The number of carbonyl (C=O) groups excluding carboxylic acids is 1. The van der Waals surface area contributed by atoms with Gasteiger partial charge >= 0.3 is 5.97 Å². The van der Waals surface area contributed by atoms with Gasteiger partial charge in [0.05, 0.1) is 5.37 Å². The molecule has 2 saturated carbocycles. The Morgan fingerprint density at radius 1 is 1.22 bits per heavy atom. The monoisotopic (exact) mass is 269 g/mol. The fraction of sp³-hybridized carbons (Fsp3) is 0.846. The lowest BCUT2D eigenvalue weighted by Crippen LogP contribution is -2.45. The van der Waals surface area contributed by atoms with Crippen molar-refractivity contribution in [1.82, 2.24) is 4.90 Å². The molecule has 0 aromatic carbocycles. The molecule has 1 aliphatic heterocycles. The second kappa shape index (κ2) is 4.44. The molecule has 1 heterocycles. The van der Waals surface area contributed by atoms with Crippen molar-refractivity contribution in [3.63, 3.8) is 0 Å². The predicted octanol–water partition coefficient (Wildman–Crippen LogP) is 1.80. The lowest BCUT2D eigenvalue weighted by atomic mass is 10.0. The zero-order chi connectivity index (χ0) is 12.9. The standard InChI is InChI=1S/C13H19NO3S/c1-7-14(10(6-18-7)13(16)17)12(15)11-8-4-2-3-5-9(8)11/h7-11H,2-6H2,1H3,(H,16,17). The topological polar surface area (TPSA) is 57.6 Å². The summed E-state index contributed by atoms with van der Waals surface area (Å²) in [6.45, 7) is 1.94. The van der Waals surface area contributed by atoms with Gasteiger partial charge in [-0.15, -0.1) is 11.8 Å². The van der Waals surface area contributed by atoms with E-state index in [4.69, 9.17) is 0 Å². The molecular formula is C13H19NO3S. The van der Waals surface area contributed by atoms with Crippen molar-refractivity contribution in [2.75, 3.05) is 5.75 Å². The molecular weight excluding hydrogens is 250 g/mol. The first-order valence-electron chi connectivity index (χ1n) is 6.78. The van der Waals surface area contributed by atoms with Gasteiger partial charge in [0.25, 0.3) is 0 Å². The average molecular weight is 269 g/mol. The van der Waals surface area contributed by atoms with E-state index in [9.17, 15) is 14.7 Å². The quantitative estimate of drug-likeness (QED) is 0.830. The molecule has 1 saturated heterocycles. The number of aliphatic carboxylic acids is 1. The Bertz CT molecular complexity index is 374. The van der Waals surface area contributed by atoms with Crippen LogP contribution in [-0.4, -0.2) is 39.1 Å². The SMILES string of the molecule is CC1SCC(C(=O)O)N1C(=O)C1C2CCCCC21. The summed E-state index contributed by atoms with van der Waals surface area (Å²) >= 11 is 1.57. The highest BCUT2D eigenvalue weighted by Crippen LogP contribution is 2.56. The van der Waals surface area contributed by atoms with Gasteiger partial charge in [0.2, 0.25) is 5.91 Å². The maximum Gasteiger partial charge on any atom is 0.327 e. The lowest BCUT2D eigenvalue weighted by Gasteiger charge is -2.25. The molecule has 0 bridgehead atoms. The van der Waals surface area contributed by atoms with E-state index in [0.29, 0.717) is 17.6 Å². The van der Waals surface area contributed by atoms with Gasteiger partial charge in [-0.25, -0.2) is 4.79 Å². The van der Waals surface area contributed by atoms with Crippen molar-refractivity contribution in [3.05, 3.63) is 0 Å². The number of carboxylic acid groups (broad SMARTS) is 1. The predicted molar refractivity (Wildman–Crippen MR) is 69.1 cm³/mol. The van der Waals surface area contributed by atoms with E-state index in [1.54, 1.807) is 16.7 Å². The Kier molecular flexibility index (Phi) is 3.04. The Morgan fingerprint density at radius 3 is 2.39 bits per heavy atom. The second-order valence-electron chi connectivity index (χ2n) is 5.67. The number of carboxylic acids is 1. The first-order valence-corrected chi connectivity index (χ1v) is 7.82. The van der Waals surface area contributed by atoms with Crippen LogP contribution in [-0.2, 0) is 9.59 Å². The first kappa shape index (κ1) is 12.3. The minimum Gasteiger partial charge on any atom is -0.480 e. The van der Waals surface area contributed by atoms with Crippen LogP contribution in [0.15, 0.2) is 0 Å². The van der Waals surface area contributed by atoms with Gasteiger partial charge in [0.1, 0.15) is 6.04 Å². The minimum absolute atomic E-state index is 0.0150. The molecule has 1 amide bonds. The maximum atomic E-state index is 12.5. The molecule has 4 nitrogen and oxygen atoms in total. The zero-order valence-corrected chi connectivity index (χ0v) is 11.4. The summed E-state index contributed by atoms with van der Waals surface area (Å²) in [5.41, 5.74) is 0. The minimum atomic E-state index is -0.858. The maximum absolute atomic E-state index is 12.5. The van der Waals surface area contributed by atoms with Crippen LogP contribution in [0.3, 0.4) is 0 Å². The number of amides is 1. The van der Waals surface area contributed by atoms with Gasteiger partial charge in [-0.1, -0.05) is 12.8 Å². The fourth-order valence-corrected chi connectivity index (χ4v) is 4.87. The van der Waals surface area contributed by atoms with E-state index in [0.717, 1.165) is 12.8 Å². The largest absolute Gasteiger partial charge is 0.480 e. The molecule has 3 rings (SSSR count). The normalized spacial score (nSPS) is 42.5. The van der Waals surface area contributed by atoms with Crippen molar-refractivity contribution in [2.24, 2.45) is 17.8 Å². The highest BCUT2D eigenvalue weighted by Gasteiger charge is 2.58. The molecule has 3 fully saturated rings. The van der Waals surface area contributed by atoms with Crippen molar-refractivity contribution in [1.29, 1.82) is 0 Å². The molecule has 3 aliphatic rings. The second-order valence-corrected chi connectivity index (χ2v) is 7.02. The lowest BCUT2D eigenvalue weighted by molar-refractivity contribution is -0.149. The van der Waals surface area contributed by atoms with E-state index in [1.165, 1.54) is 12.8 Å². The molecule has 4 unspecified atom stereocenters. The van der Waals surface area contributed by atoms with Crippen LogP contribution in [0.4, 0.5) is 0 Å². The third-order valence-corrected chi connectivity index (χ3v) is 5.92. The van der Waals surface area contributed by atoms with Crippen molar-refractivity contribution in [3.8, 4) is 0 Å². The Morgan fingerprint density at radius 2 is 1.83 bits per heavy atom. The van der Waals surface area contributed by atoms with Gasteiger partial charge < -0.3 is 10.0 Å². The van der Waals surface area contributed by atoms with Gasteiger partial charge in [-0.2, -0.15) is 0 Å². The van der Waals surface area contributed by atoms with Gasteiger partial charge in [-0.05, 0) is 31.6 Å². The van der Waals surface area contributed by atoms with Crippen LogP contribution in [0.2, 0.25) is 0 Å². The van der Waals surface area contributed by atoms with Gasteiger partial charge in [-0.3, -0.25) is 4.79 Å². The van der Waals surface area contributed by atoms with Crippen LogP contribution in [0.25, 0.3) is 0 Å². The van der Waals surface area contributed by atoms with Gasteiger partial charge in [0.15, 0.2) is 0 Å². The summed E-state index contributed by atoms with van der Waals surface area (Å²) in [5.74, 6) is 1.03. The molecule has 18 heavy (non-hydrogen) atoms. The highest BCUT2D eigenvalue weighted by molar-refractivity contribution is 8.00. The zero-order valence-electron chi connectivity index (χ0n) is 10.5. The summed E-state index contributed by atoms with van der Waals surface area (Å²) in [6.07, 6.45) is 4.79. The Labute approximate surface area is 111 Å². The average Bonchev–Trinajstić information content (AvgIpc) is 2.95. The van der Waals surface area contributed by atoms with Gasteiger partial charge in [0, 0.05) is 11.7 Å². The molecule has 0 aromatic rings. The van der Waals surface area contributed by atoms with E-state index < -0.39 is 12.0 Å². The molecule has 0 spiro atoms. The molecule has 0 radical (unpaired) electrons. The Hall–Kier alpha value is -0.710. The van der Waals surface area contributed by atoms with Crippen molar-refractivity contribution < 1.29 is 14.7 Å².